The van der Waals surface area contributed by atoms with E-state index in [1.165, 1.54) is 0 Å². The molecule has 19 heavy (non-hydrogen) atoms. The van der Waals surface area contributed by atoms with Gasteiger partial charge in [-0.1, -0.05) is 22.9 Å². The number of nitrogens with one attached hydrogen (secondary N) is 1. The maximum Gasteiger partial charge on any atom is 0.254 e. The van der Waals surface area contributed by atoms with Gasteiger partial charge in [0.15, 0.2) is 0 Å². The fourth-order valence-corrected chi connectivity index (χ4v) is 2.62. The van der Waals surface area contributed by atoms with Crippen molar-refractivity contribution in [2.75, 3.05) is 19.6 Å². The summed E-state index contributed by atoms with van der Waals surface area (Å²) in [5.41, 5.74) is 0.776. The molecule has 0 aliphatic carbocycles. The molecule has 1 amide bonds. The highest BCUT2D eigenvalue weighted by Gasteiger charge is 2.26. The van der Waals surface area contributed by atoms with Crippen LogP contribution in [0, 0.1) is 0 Å². The van der Waals surface area contributed by atoms with Gasteiger partial charge in [0.25, 0.3) is 5.91 Å². The average molecular weight is 348 g/mol. The first-order valence-electron chi connectivity index (χ1n) is 6.49. The van der Waals surface area contributed by atoms with Crippen molar-refractivity contribution >= 4 is 34.2 Å². The molecular formula is C14H20BrClN2O. The summed E-state index contributed by atoms with van der Waals surface area (Å²) < 4.78 is 1.00. The summed E-state index contributed by atoms with van der Waals surface area (Å²) in [7, 11) is 0. The number of carbonyl (C=O) groups is 1. The van der Waals surface area contributed by atoms with Crippen molar-refractivity contribution < 1.29 is 4.79 Å². The minimum absolute atomic E-state index is 0. The Morgan fingerprint density at radius 1 is 1.42 bits per heavy atom. The molecule has 1 aliphatic rings. The number of halogens is 2. The molecule has 5 heteroatoms. The lowest BCUT2D eigenvalue weighted by molar-refractivity contribution is 0.0692. The maximum absolute atomic E-state index is 12.5. The molecule has 0 spiro atoms. The lowest BCUT2D eigenvalue weighted by Crippen LogP contribution is -2.42. The third-order valence-electron chi connectivity index (χ3n) is 3.29. The quantitative estimate of drug-likeness (QED) is 0.908. The minimum Gasteiger partial charge on any atom is -0.334 e. The molecule has 0 bridgehead atoms. The molecule has 1 aliphatic heterocycles. The Bertz CT molecular complexity index is 404. The number of nitrogens with zero attached hydrogens (tertiary/aromatic N) is 1. The van der Waals surface area contributed by atoms with E-state index in [0.717, 1.165) is 42.5 Å². The Morgan fingerprint density at radius 3 is 2.63 bits per heavy atom. The topological polar surface area (TPSA) is 32.3 Å². The lowest BCUT2D eigenvalue weighted by atomic mass is 10.1. The highest BCUT2D eigenvalue weighted by molar-refractivity contribution is 9.10. The molecule has 3 nitrogen and oxygen atoms in total. The van der Waals surface area contributed by atoms with Crippen LogP contribution < -0.4 is 5.32 Å². The van der Waals surface area contributed by atoms with Gasteiger partial charge in [-0.2, -0.15) is 0 Å². The van der Waals surface area contributed by atoms with E-state index in [0.29, 0.717) is 6.04 Å². The zero-order chi connectivity index (χ0) is 13.0. The zero-order valence-corrected chi connectivity index (χ0v) is 13.5. The Balaban J connectivity index is 0.00000180. The van der Waals surface area contributed by atoms with E-state index < -0.39 is 0 Å². The number of carbonyl (C=O) groups excluding carboxylic acids is 1. The second-order valence-corrected chi connectivity index (χ2v) is 5.57. The van der Waals surface area contributed by atoms with Crippen molar-refractivity contribution in [1.82, 2.24) is 10.2 Å². The summed E-state index contributed by atoms with van der Waals surface area (Å²) in [5, 5.41) is 3.33. The van der Waals surface area contributed by atoms with Crippen molar-refractivity contribution in [3.8, 4) is 0 Å². The molecule has 106 valence electrons. The van der Waals surface area contributed by atoms with Crippen LogP contribution in [0.2, 0.25) is 0 Å². The minimum atomic E-state index is 0. The first-order valence-corrected chi connectivity index (χ1v) is 7.29. The molecule has 1 aromatic rings. The number of hydrogen-bond donors (Lipinski definition) is 1. The molecule has 0 radical (unpaired) electrons. The molecule has 1 unspecified atom stereocenters. The summed E-state index contributed by atoms with van der Waals surface area (Å²) in [4.78, 5) is 14.5. The smallest absolute Gasteiger partial charge is 0.254 e. The van der Waals surface area contributed by atoms with Crippen molar-refractivity contribution in [3.63, 3.8) is 0 Å². The van der Waals surface area contributed by atoms with Gasteiger partial charge in [-0.15, -0.1) is 12.4 Å². The summed E-state index contributed by atoms with van der Waals surface area (Å²) in [6.45, 7) is 4.88. The second kappa shape index (κ2) is 7.88. The van der Waals surface area contributed by atoms with Crippen molar-refractivity contribution in [3.05, 3.63) is 34.3 Å². The predicted octanol–water partition coefficient (Wildman–Crippen LogP) is 3.09. The van der Waals surface area contributed by atoms with Gasteiger partial charge in [0.1, 0.15) is 0 Å². The van der Waals surface area contributed by atoms with Crippen LogP contribution in [0.15, 0.2) is 28.7 Å². The largest absolute Gasteiger partial charge is 0.334 e. The molecule has 1 N–H and O–H groups in total. The first-order chi connectivity index (χ1) is 8.72. The maximum atomic E-state index is 12.5. The molecule has 1 heterocycles. The van der Waals surface area contributed by atoms with E-state index >= 15 is 0 Å². The van der Waals surface area contributed by atoms with Crippen LogP contribution in [0.25, 0.3) is 0 Å². The van der Waals surface area contributed by atoms with Gasteiger partial charge in [0, 0.05) is 29.2 Å². The van der Waals surface area contributed by atoms with E-state index in [-0.39, 0.29) is 18.3 Å². The van der Waals surface area contributed by atoms with Crippen LogP contribution in [-0.2, 0) is 0 Å². The fraction of sp³-hybridized carbons (Fsp3) is 0.500. The molecule has 0 saturated carbocycles. The number of amides is 1. The van der Waals surface area contributed by atoms with Crippen molar-refractivity contribution in [1.29, 1.82) is 0 Å². The summed E-state index contributed by atoms with van der Waals surface area (Å²) >= 11 is 3.39. The van der Waals surface area contributed by atoms with E-state index in [1.807, 2.05) is 29.2 Å². The van der Waals surface area contributed by atoms with Gasteiger partial charge >= 0.3 is 0 Å². The number of rotatable bonds is 4. The highest BCUT2D eigenvalue weighted by Crippen LogP contribution is 2.16. The third-order valence-corrected chi connectivity index (χ3v) is 3.82. The van der Waals surface area contributed by atoms with Gasteiger partial charge < -0.3 is 10.2 Å². The van der Waals surface area contributed by atoms with Crippen LogP contribution >= 0.6 is 28.3 Å². The van der Waals surface area contributed by atoms with Crippen LogP contribution in [0.4, 0.5) is 0 Å². The number of hydrogen-bond acceptors (Lipinski definition) is 2. The molecule has 1 atom stereocenters. The summed E-state index contributed by atoms with van der Waals surface area (Å²) in [5.74, 6) is 0.151. The molecule has 0 aromatic heterocycles. The van der Waals surface area contributed by atoms with Crippen molar-refractivity contribution in [2.24, 2.45) is 0 Å². The van der Waals surface area contributed by atoms with E-state index in [2.05, 4.69) is 28.2 Å². The Hall–Kier alpha value is -0.580. The number of benzene rings is 1. The van der Waals surface area contributed by atoms with Crippen LogP contribution in [0.1, 0.15) is 30.1 Å². The molecule has 1 saturated heterocycles. The molecule has 1 aromatic carbocycles. The van der Waals surface area contributed by atoms with Gasteiger partial charge in [-0.25, -0.2) is 0 Å². The van der Waals surface area contributed by atoms with Crippen LogP contribution in [-0.4, -0.2) is 36.5 Å². The van der Waals surface area contributed by atoms with E-state index in [4.69, 9.17) is 0 Å². The Morgan fingerprint density at radius 2 is 2.11 bits per heavy atom. The average Bonchev–Trinajstić information content (AvgIpc) is 2.90. The first kappa shape index (κ1) is 16.5. The molecular weight excluding hydrogens is 328 g/mol. The normalized spacial score (nSPS) is 17.9. The zero-order valence-electron chi connectivity index (χ0n) is 11.1. The van der Waals surface area contributed by atoms with Crippen LogP contribution in [0.5, 0.6) is 0 Å². The Kier molecular flexibility index (Phi) is 6.83. The SMILES string of the molecule is CCCN(C(=O)c1ccc(Br)cc1)C1CCNC1.Cl. The van der Waals surface area contributed by atoms with Crippen LogP contribution in [0.3, 0.4) is 0 Å². The highest BCUT2D eigenvalue weighted by atomic mass is 79.9. The molecule has 1 fully saturated rings. The fourth-order valence-electron chi connectivity index (χ4n) is 2.35. The van der Waals surface area contributed by atoms with Gasteiger partial charge in [-0.3, -0.25) is 4.79 Å². The standard InChI is InChI=1S/C14H19BrN2O.ClH/c1-2-9-17(13-7-8-16-10-13)14(18)11-3-5-12(15)6-4-11;/h3-6,13,16H,2,7-10H2,1H3;1H. The Labute approximate surface area is 129 Å². The monoisotopic (exact) mass is 346 g/mol. The lowest BCUT2D eigenvalue weighted by Gasteiger charge is -2.28. The van der Waals surface area contributed by atoms with E-state index in [9.17, 15) is 4.79 Å². The van der Waals surface area contributed by atoms with Gasteiger partial charge in [-0.05, 0) is 43.7 Å². The predicted molar refractivity (Wildman–Crippen MR) is 84.0 cm³/mol. The van der Waals surface area contributed by atoms with Crippen molar-refractivity contribution in [2.45, 2.75) is 25.8 Å². The van der Waals surface area contributed by atoms with E-state index in [1.54, 1.807) is 0 Å². The molecule has 2 rings (SSSR count). The summed E-state index contributed by atoms with van der Waals surface area (Å²) in [6.07, 6.45) is 2.06. The van der Waals surface area contributed by atoms with Gasteiger partial charge in [0.05, 0.1) is 0 Å². The second-order valence-electron chi connectivity index (χ2n) is 4.65. The summed E-state index contributed by atoms with van der Waals surface area (Å²) in [6, 6.07) is 7.96. The third kappa shape index (κ3) is 4.20. The van der Waals surface area contributed by atoms with Gasteiger partial charge in [0.2, 0.25) is 0 Å².